The molecule has 3 nitrogen and oxygen atoms in total. The van der Waals surface area contributed by atoms with Crippen molar-refractivity contribution < 1.29 is 0 Å². The fourth-order valence-corrected chi connectivity index (χ4v) is 2.28. The van der Waals surface area contributed by atoms with E-state index >= 15 is 0 Å². The van der Waals surface area contributed by atoms with Crippen molar-refractivity contribution in [1.29, 1.82) is 0 Å². The highest BCUT2D eigenvalue weighted by molar-refractivity contribution is 7.80. The summed E-state index contributed by atoms with van der Waals surface area (Å²) < 4.78 is 1.88. The quantitative estimate of drug-likeness (QED) is 0.860. The molecule has 0 amide bonds. The molecule has 0 atom stereocenters. The number of nitrogens with zero attached hydrogens (tertiary/aromatic N) is 2. The van der Waals surface area contributed by atoms with Crippen LogP contribution in [-0.2, 0) is 0 Å². The van der Waals surface area contributed by atoms with E-state index in [1.165, 1.54) is 24.1 Å². The molecule has 0 aliphatic heterocycles. The molecule has 1 aromatic carbocycles. The maximum Gasteiger partial charge on any atom is 0.106 e. The van der Waals surface area contributed by atoms with Crippen LogP contribution in [0, 0.1) is 6.92 Å². The Labute approximate surface area is 112 Å². The third-order valence-corrected chi connectivity index (χ3v) is 3.49. The summed E-state index contributed by atoms with van der Waals surface area (Å²) in [5.74, 6) is 0.657. The molecule has 18 heavy (non-hydrogen) atoms. The zero-order chi connectivity index (χ0) is 12.7. The Kier molecular flexibility index (Phi) is 2.67. The van der Waals surface area contributed by atoms with Gasteiger partial charge in [0.25, 0.3) is 0 Å². The molecule has 0 bridgehead atoms. The van der Waals surface area contributed by atoms with Gasteiger partial charge in [0.2, 0.25) is 0 Å². The maximum absolute atomic E-state index is 5.77. The standard InChI is InChI=1S/C14H15N3S/c1-9-2-5-11(14(15)18)13(8-9)17-7-6-12(16-17)10-3-4-10/h2,5-8,10H,3-4H2,1H3,(H2,15,18). The normalized spacial score (nSPS) is 14.7. The molecule has 1 aliphatic rings. The molecule has 0 radical (unpaired) electrons. The monoisotopic (exact) mass is 257 g/mol. The van der Waals surface area contributed by atoms with E-state index < -0.39 is 0 Å². The lowest BCUT2D eigenvalue weighted by Crippen LogP contribution is -2.14. The van der Waals surface area contributed by atoms with Crippen LogP contribution in [0.3, 0.4) is 0 Å². The van der Waals surface area contributed by atoms with Gasteiger partial charge in [-0.15, -0.1) is 0 Å². The molecule has 0 unspecified atom stereocenters. The van der Waals surface area contributed by atoms with Crippen LogP contribution in [0.1, 0.15) is 35.6 Å². The van der Waals surface area contributed by atoms with E-state index in [1.807, 2.05) is 23.0 Å². The molecule has 1 saturated carbocycles. The fourth-order valence-electron chi connectivity index (χ4n) is 2.11. The van der Waals surface area contributed by atoms with Crippen LogP contribution in [-0.4, -0.2) is 14.8 Å². The minimum atomic E-state index is 0.411. The predicted octanol–water partition coefficient (Wildman–Crippen LogP) is 2.69. The van der Waals surface area contributed by atoms with Gasteiger partial charge in [-0.25, -0.2) is 4.68 Å². The SMILES string of the molecule is Cc1ccc(C(N)=S)c(-n2ccc(C3CC3)n2)c1. The summed E-state index contributed by atoms with van der Waals surface area (Å²) in [5.41, 5.74) is 9.96. The van der Waals surface area contributed by atoms with Crippen molar-refractivity contribution in [2.75, 3.05) is 0 Å². The highest BCUT2D eigenvalue weighted by Gasteiger charge is 2.26. The van der Waals surface area contributed by atoms with Gasteiger partial charge in [0, 0.05) is 17.7 Å². The van der Waals surface area contributed by atoms with Crippen molar-refractivity contribution in [2.24, 2.45) is 5.73 Å². The highest BCUT2D eigenvalue weighted by Crippen LogP contribution is 2.39. The van der Waals surface area contributed by atoms with Crippen molar-refractivity contribution in [3.8, 4) is 5.69 Å². The van der Waals surface area contributed by atoms with Crippen molar-refractivity contribution >= 4 is 17.2 Å². The average Bonchev–Trinajstić information content (AvgIpc) is 3.07. The summed E-state index contributed by atoms with van der Waals surface area (Å²) >= 11 is 5.10. The van der Waals surface area contributed by atoms with E-state index in [4.69, 9.17) is 18.0 Å². The minimum Gasteiger partial charge on any atom is -0.389 e. The molecule has 4 heteroatoms. The third-order valence-electron chi connectivity index (χ3n) is 3.27. The Bertz CT molecular complexity index is 611. The van der Waals surface area contributed by atoms with Crippen LogP contribution < -0.4 is 5.73 Å². The van der Waals surface area contributed by atoms with E-state index in [-0.39, 0.29) is 0 Å². The number of nitrogens with two attached hydrogens (primary N) is 1. The Hall–Kier alpha value is -1.68. The van der Waals surface area contributed by atoms with Gasteiger partial charge in [-0.3, -0.25) is 0 Å². The minimum absolute atomic E-state index is 0.411. The number of aryl methyl sites for hydroxylation is 1. The van der Waals surface area contributed by atoms with Crippen LogP contribution in [0.5, 0.6) is 0 Å². The van der Waals surface area contributed by atoms with Crippen LogP contribution in [0.4, 0.5) is 0 Å². The fraction of sp³-hybridized carbons (Fsp3) is 0.286. The summed E-state index contributed by atoms with van der Waals surface area (Å²) in [4.78, 5) is 0.411. The average molecular weight is 257 g/mol. The van der Waals surface area contributed by atoms with Crippen molar-refractivity contribution in [3.63, 3.8) is 0 Å². The Morgan fingerprint density at radius 2 is 2.17 bits per heavy atom. The summed E-state index contributed by atoms with van der Waals surface area (Å²) in [5, 5.41) is 4.63. The summed E-state index contributed by atoms with van der Waals surface area (Å²) in [7, 11) is 0. The van der Waals surface area contributed by atoms with E-state index in [2.05, 4.69) is 24.2 Å². The first-order chi connectivity index (χ1) is 8.65. The molecule has 1 fully saturated rings. The first kappa shape index (κ1) is 11.4. The van der Waals surface area contributed by atoms with E-state index in [9.17, 15) is 0 Å². The second-order valence-corrected chi connectivity index (χ2v) is 5.28. The van der Waals surface area contributed by atoms with Gasteiger partial charge in [-0.05, 0) is 43.5 Å². The highest BCUT2D eigenvalue weighted by atomic mass is 32.1. The lowest BCUT2D eigenvalue weighted by atomic mass is 10.1. The van der Waals surface area contributed by atoms with Gasteiger partial charge in [0.05, 0.1) is 11.4 Å². The summed E-state index contributed by atoms with van der Waals surface area (Å²) in [6.45, 7) is 2.05. The third kappa shape index (κ3) is 2.04. The molecular formula is C14H15N3S. The lowest BCUT2D eigenvalue weighted by molar-refractivity contribution is 0.835. The zero-order valence-electron chi connectivity index (χ0n) is 10.3. The predicted molar refractivity (Wildman–Crippen MR) is 76.2 cm³/mol. The van der Waals surface area contributed by atoms with Crippen LogP contribution in [0.2, 0.25) is 0 Å². The number of benzene rings is 1. The number of aromatic nitrogens is 2. The molecule has 3 rings (SSSR count). The molecule has 1 heterocycles. The van der Waals surface area contributed by atoms with Gasteiger partial charge in [-0.1, -0.05) is 18.3 Å². The molecule has 1 aliphatic carbocycles. The molecule has 2 aromatic rings. The number of hydrogen-bond donors (Lipinski definition) is 1. The second-order valence-electron chi connectivity index (χ2n) is 4.84. The van der Waals surface area contributed by atoms with Gasteiger partial charge >= 0.3 is 0 Å². The molecule has 1 aromatic heterocycles. The van der Waals surface area contributed by atoms with Crippen molar-refractivity contribution in [3.05, 3.63) is 47.3 Å². The first-order valence-corrected chi connectivity index (χ1v) is 6.52. The van der Waals surface area contributed by atoms with Gasteiger partial charge < -0.3 is 5.73 Å². The number of hydrogen-bond acceptors (Lipinski definition) is 2. The number of rotatable bonds is 3. The van der Waals surface area contributed by atoms with Crippen LogP contribution in [0.25, 0.3) is 5.69 Å². The lowest BCUT2D eigenvalue weighted by Gasteiger charge is -2.09. The molecule has 0 saturated heterocycles. The van der Waals surface area contributed by atoms with Crippen LogP contribution in [0.15, 0.2) is 30.5 Å². The zero-order valence-corrected chi connectivity index (χ0v) is 11.1. The number of thiocarbonyl (C=S) groups is 1. The van der Waals surface area contributed by atoms with Gasteiger partial charge in [0.15, 0.2) is 0 Å². The molecule has 92 valence electrons. The van der Waals surface area contributed by atoms with E-state index in [0.717, 1.165) is 11.3 Å². The Balaban J connectivity index is 2.07. The van der Waals surface area contributed by atoms with Gasteiger partial charge in [0.1, 0.15) is 4.99 Å². The summed E-state index contributed by atoms with van der Waals surface area (Å²) in [6, 6.07) is 8.14. The van der Waals surface area contributed by atoms with E-state index in [1.54, 1.807) is 0 Å². The van der Waals surface area contributed by atoms with Crippen molar-refractivity contribution in [2.45, 2.75) is 25.7 Å². The topological polar surface area (TPSA) is 43.8 Å². The second kappa shape index (κ2) is 4.21. The summed E-state index contributed by atoms with van der Waals surface area (Å²) in [6.07, 6.45) is 4.50. The smallest absolute Gasteiger partial charge is 0.106 e. The first-order valence-electron chi connectivity index (χ1n) is 6.11. The molecular weight excluding hydrogens is 242 g/mol. The molecule has 2 N–H and O–H groups in total. The largest absolute Gasteiger partial charge is 0.389 e. The van der Waals surface area contributed by atoms with Gasteiger partial charge in [-0.2, -0.15) is 5.10 Å². The van der Waals surface area contributed by atoms with Crippen LogP contribution >= 0.6 is 12.2 Å². The van der Waals surface area contributed by atoms with Crippen molar-refractivity contribution in [1.82, 2.24) is 9.78 Å². The Morgan fingerprint density at radius 1 is 1.39 bits per heavy atom. The molecule has 0 spiro atoms. The Morgan fingerprint density at radius 3 is 2.83 bits per heavy atom. The maximum atomic E-state index is 5.77. The van der Waals surface area contributed by atoms with E-state index in [0.29, 0.717) is 10.9 Å².